The van der Waals surface area contributed by atoms with E-state index in [4.69, 9.17) is 9.47 Å². The Morgan fingerprint density at radius 1 is 1.03 bits per heavy atom. The smallest absolute Gasteiger partial charge is 0.282 e. The number of nitrogens with one attached hydrogen (secondary N) is 2. The first-order valence-electron chi connectivity index (χ1n) is 11.5. The molecular weight excluding hydrogens is 476 g/mol. The number of hydrogen-bond donors (Lipinski definition) is 2. The molecule has 3 rings (SSSR count). The fourth-order valence-electron chi connectivity index (χ4n) is 3.42. The molecule has 1 atom stereocenters. The van der Waals surface area contributed by atoms with Gasteiger partial charge < -0.3 is 14.8 Å². The monoisotopic (exact) mass is 504 g/mol. The van der Waals surface area contributed by atoms with Crippen molar-refractivity contribution in [2.45, 2.75) is 26.5 Å². The number of hydrazone groups is 1. The molecule has 0 saturated carbocycles. The van der Waals surface area contributed by atoms with Gasteiger partial charge in [0.25, 0.3) is 17.5 Å². The van der Waals surface area contributed by atoms with E-state index in [9.17, 15) is 19.7 Å². The standard InChI is InChI=1S/C27H28N4O6/c1-18(2)25(29-26(32)20-12-8-5-9-13-20)27(33)30-28-16-21-14-23(36-3)24(15-22(21)31(34)35)37-17-19-10-6-4-7-11-19/h4-16,18,25H,17H2,1-3H3,(H,29,32)(H,30,33). The third-order valence-corrected chi connectivity index (χ3v) is 5.40. The summed E-state index contributed by atoms with van der Waals surface area (Å²) in [6.45, 7) is 3.76. The van der Waals surface area contributed by atoms with Crippen molar-refractivity contribution >= 4 is 23.7 Å². The maximum absolute atomic E-state index is 12.7. The summed E-state index contributed by atoms with van der Waals surface area (Å²) < 4.78 is 11.1. The van der Waals surface area contributed by atoms with E-state index in [-0.39, 0.29) is 35.3 Å². The largest absolute Gasteiger partial charge is 0.493 e. The number of nitro groups is 1. The number of benzene rings is 3. The third kappa shape index (κ3) is 7.38. The van der Waals surface area contributed by atoms with Crippen molar-refractivity contribution in [1.29, 1.82) is 0 Å². The van der Waals surface area contributed by atoms with Gasteiger partial charge >= 0.3 is 0 Å². The van der Waals surface area contributed by atoms with E-state index >= 15 is 0 Å². The third-order valence-electron chi connectivity index (χ3n) is 5.40. The molecule has 10 nitrogen and oxygen atoms in total. The van der Waals surface area contributed by atoms with Crippen molar-refractivity contribution in [1.82, 2.24) is 10.7 Å². The zero-order chi connectivity index (χ0) is 26.8. The summed E-state index contributed by atoms with van der Waals surface area (Å²) in [6, 6.07) is 19.7. The predicted octanol–water partition coefficient (Wildman–Crippen LogP) is 4.09. The molecule has 0 bridgehead atoms. The van der Waals surface area contributed by atoms with Gasteiger partial charge in [-0.2, -0.15) is 5.10 Å². The number of nitrogens with zero attached hydrogens (tertiary/aromatic N) is 2. The van der Waals surface area contributed by atoms with Crippen LogP contribution in [0.15, 0.2) is 77.9 Å². The summed E-state index contributed by atoms with van der Waals surface area (Å²) in [6.07, 6.45) is 1.15. The number of ether oxygens (including phenoxy) is 2. The lowest BCUT2D eigenvalue weighted by molar-refractivity contribution is -0.385. The highest BCUT2D eigenvalue weighted by molar-refractivity contribution is 5.97. The Kier molecular flexibility index (Phi) is 9.31. The number of methoxy groups -OCH3 is 1. The van der Waals surface area contributed by atoms with Gasteiger partial charge in [-0.25, -0.2) is 5.43 Å². The zero-order valence-electron chi connectivity index (χ0n) is 20.7. The highest BCUT2D eigenvalue weighted by Crippen LogP contribution is 2.34. The van der Waals surface area contributed by atoms with Crippen LogP contribution in [0.3, 0.4) is 0 Å². The molecule has 2 amide bonds. The minimum absolute atomic E-state index is 0.101. The van der Waals surface area contributed by atoms with E-state index in [0.29, 0.717) is 5.56 Å². The van der Waals surface area contributed by atoms with Crippen LogP contribution in [0.25, 0.3) is 0 Å². The van der Waals surface area contributed by atoms with Crippen molar-refractivity contribution in [3.63, 3.8) is 0 Å². The number of carbonyl (C=O) groups excluding carboxylic acids is 2. The summed E-state index contributed by atoms with van der Waals surface area (Å²) >= 11 is 0. The number of nitro benzene ring substituents is 1. The van der Waals surface area contributed by atoms with Crippen LogP contribution in [-0.2, 0) is 11.4 Å². The van der Waals surface area contributed by atoms with Crippen LogP contribution in [0.2, 0.25) is 0 Å². The van der Waals surface area contributed by atoms with Crippen molar-refractivity contribution < 1.29 is 24.0 Å². The second-order valence-corrected chi connectivity index (χ2v) is 8.39. The molecule has 0 heterocycles. The van der Waals surface area contributed by atoms with E-state index < -0.39 is 22.8 Å². The Labute approximate surface area is 214 Å². The van der Waals surface area contributed by atoms with Crippen molar-refractivity contribution in [2.24, 2.45) is 11.0 Å². The summed E-state index contributed by atoms with van der Waals surface area (Å²) in [5.74, 6) is -0.733. The lowest BCUT2D eigenvalue weighted by Gasteiger charge is -2.20. The fraction of sp³-hybridized carbons (Fsp3) is 0.222. The topological polar surface area (TPSA) is 132 Å². The molecule has 37 heavy (non-hydrogen) atoms. The van der Waals surface area contributed by atoms with Gasteiger partial charge in [-0.15, -0.1) is 0 Å². The normalized spacial score (nSPS) is 11.7. The van der Waals surface area contributed by atoms with Crippen molar-refractivity contribution in [3.8, 4) is 11.5 Å². The summed E-state index contributed by atoms with van der Waals surface area (Å²) in [7, 11) is 1.42. The molecule has 0 saturated heterocycles. The molecule has 0 aliphatic rings. The summed E-state index contributed by atoms with van der Waals surface area (Å²) in [5, 5.41) is 18.3. The Bertz CT molecular complexity index is 1260. The Morgan fingerprint density at radius 2 is 1.68 bits per heavy atom. The van der Waals surface area contributed by atoms with Crippen LogP contribution in [0.5, 0.6) is 11.5 Å². The van der Waals surface area contributed by atoms with E-state index in [1.54, 1.807) is 44.2 Å². The number of amides is 2. The van der Waals surface area contributed by atoms with Gasteiger partial charge in [0.1, 0.15) is 12.6 Å². The maximum atomic E-state index is 12.7. The molecule has 192 valence electrons. The van der Waals surface area contributed by atoms with Gasteiger partial charge in [0.15, 0.2) is 11.5 Å². The van der Waals surface area contributed by atoms with E-state index in [1.807, 2.05) is 30.3 Å². The Morgan fingerprint density at radius 3 is 2.27 bits per heavy atom. The SMILES string of the molecule is COc1cc(C=NNC(=O)C(NC(=O)c2ccccc2)C(C)C)c([N+](=O)[O-])cc1OCc1ccccc1. The second kappa shape index (κ2) is 12.8. The molecule has 0 aromatic heterocycles. The van der Waals surface area contributed by atoms with E-state index in [0.717, 1.165) is 11.8 Å². The van der Waals surface area contributed by atoms with Crippen molar-refractivity contribution in [2.75, 3.05) is 7.11 Å². The van der Waals surface area contributed by atoms with Crippen LogP contribution in [-0.4, -0.2) is 36.1 Å². The molecule has 0 fully saturated rings. The van der Waals surface area contributed by atoms with Gasteiger partial charge in [0.2, 0.25) is 0 Å². The minimum Gasteiger partial charge on any atom is -0.493 e. The van der Waals surface area contributed by atoms with Crippen molar-refractivity contribution in [3.05, 3.63) is 99.6 Å². The average molecular weight is 505 g/mol. The molecule has 3 aromatic rings. The molecule has 0 aliphatic carbocycles. The van der Waals surface area contributed by atoms with Gasteiger partial charge in [-0.1, -0.05) is 62.4 Å². The second-order valence-electron chi connectivity index (χ2n) is 8.39. The molecule has 0 aliphatic heterocycles. The molecule has 3 aromatic carbocycles. The van der Waals surface area contributed by atoms with Crippen LogP contribution in [0.1, 0.15) is 35.3 Å². The molecular formula is C27H28N4O6. The summed E-state index contributed by atoms with van der Waals surface area (Å²) in [5.41, 5.74) is 3.48. The maximum Gasteiger partial charge on any atom is 0.282 e. The molecule has 1 unspecified atom stereocenters. The summed E-state index contributed by atoms with van der Waals surface area (Å²) in [4.78, 5) is 36.4. The minimum atomic E-state index is -0.872. The first kappa shape index (κ1) is 26.9. The first-order valence-corrected chi connectivity index (χ1v) is 11.5. The Hall–Kier alpha value is -4.73. The molecule has 2 N–H and O–H groups in total. The van der Waals surface area contributed by atoms with E-state index in [2.05, 4.69) is 15.8 Å². The molecule has 0 spiro atoms. The predicted molar refractivity (Wildman–Crippen MR) is 139 cm³/mol. The zero-order valence-corrected chi connectivity index (χ0v) is 20.7. The van der Waals surface area contributed by atoms with Crippen LogP contribution < -0.4 is 20.2 Å². The lowest BCUT2D eigenvalue weighted by Crippen LogP contribution is -2.48. The van der Waals surface area contributed by atoms with Gasteiger partial charge in [0.05, 0.1) is 29.9 Å². The number of carbonyl (C=O) groups is 2. The van der Waals surface area contributed by atoms with Crippen LogP contribution in [0, 0.1) is 16.0 Å². The van der Waals surface area contributed by atoms with Gasteiger partial charge in [-0.05, 0) is 29.7 Å². The van der Waals surface area contributed by atoms with Gasteiger partial charge in [-0.3, -0.25) is 19.7 Å². The van der Waals surface area contributed by atoms with E-state index in [1.165, 1.54) is 19.2 Å². The molecule has 0 radical (unpaired) electrons. The number of rotatable bonds is 11. The first-order chi connectivity index (χ1) is 17.8. The van der Waals surface area contributed by atoms with Crippen LogP contribution in [0.4, 0.5) is 5.69 Å². The quantitative estimate of drug-likeness (QED) is 0.230. The van der Waals surface area contributed by atoms with Crippen LogP contribution >= 0.6 is 0 Å². The molecule has 10 heteroatoms. The fourth-order valence-corrected chi connectivity index (χ4v) is 3.42. The highest BCUT2D eigenvalue weighted by atomic mass is 16.6. The van der Waals surface area contributed by atoms with Gasteiger partial charge in [0, 0.05) is 5.56 Å². The highest BCUT2D eigenvalue weighted by Gasteiger charge is 2.25. The number of hydrogen-bond acceptors (Lipinski definition) is 7. The Balaban J connectivity index is 1.74. The average Bonchev–Trinajstić information content (AvgIpc) is 2.91. The lowest BCUT2D eigenvalue weighted by atomic mass is 10.0.